The molecule has 5 heteroatoms. The van der Waals surface area contributed by atoms with E-state index in [1.165, 1.54) is 0 Å². The van der Waals surface area contributed by atoms with Crippen LogP contribution in [0, 0.1) is 5.41 Å². The number of aromatic nitrogens is 1. The zero-order chi connectivity index (χ0) is 15.3. The Hall–Kier alpha value is -1.88. The summed E-state index contributed by atoms with van der Waals surface area (Å²) in [6.07, 6.45) is 9.95. The van der Waals surface area contributed by atoms with Gasteiger partial charge >= 0.3 is 0 Å². The zero-order valence-corrected chi connectivity index (χ0v) is 13.1. The highest BCUT2D eigenvalue weighted by Gasteiger charge is 2.18. The number of nitrogen functional groups attached to an aromatic ring is 1. The summed E-state index contributed by atoms with van der Waals surface area (Å²) >= 11 is 1.12. The minimum atomic E-state index is -0.499. The van der Waals surface area contributed by atoms with Crippen LogP contribution in [0.1, 0.15) is 43.1 Å². The SMILES string of the molecule is CC.CC1(C)C=CC=C(c2nc(N)sc2C(N)=O)C=C1. The monoisotopic (exact) mass is 291 g/mol. The van der Waals surface area contributed by atoms with E-state index in [-0.39, 0.29) is 5.41 Å². The van der Waals surface area contributed by atoms with Crippen molar-refractivity contribution in [3.05, 3.63) is 41.0 Å². The van der Waals surface area contributed by atoms with E-state index in [4.69, 9.17) is 11.5 Å². The third-order valence-electron chi connectivity index (χ3n) is 2.63. The highest BCUT2D eigenvalue weighted by Crippen LogP contribution is 2.30. The van der Waals surface area contributed by atoms with Crippen molar-refractivity contribution in [1.29, 1.82) is 0 Å². The summed E-state index contributed by atoms with van der Waals surface area (Å²) in [6.45, 7) is 8.20. The molecular formula is C15H21N3OS. The van der Waals surface area contributed by atoms with Crippen LogP contribution in [0.3, 0.4) is 0 Å². The van der Waals surface area contributed by atoms with Gasteiger partial charge in [0.1, 0.15) is 4.88 Å². The first-order valence-corrected chi connectivity index (χ1v) is 7.36. The molecule has 20 heavy (non-hydrogen) atoms. The maximum absolute atomic E-state index is 11.4. The molecule has 1 aliphatic carbocycles. The van der Waals surface area contributed by atoms with Crippen LogP contribution in [-0.2, 0) is 0 Å². The molecule has 0 saturated carbocycles. The van der Waals surface area contributed by atoms with Crippen LogP contribution in [0.25, 0.3) is 5.57 Å². The molecule has 0 fully saturated rings. The molecule has 1 aromatic rings. The fraction of sp³-hybridized carbons (Fsp3) is 0.333. The Balaban J connectivity index is 0.000000956. The number of carbonyl (C=O) groups excluding carboxylic acids is 1. The number of amides is 1. The number of nitrogens with two attached hydrogens (primary N) is 2. The largest absolute Gasteiger partial charge is 0.375 e. The van der Waals surface area contributed by atoms with Crippen LogP contribution in [0.5, 0.6) is 0 Å². The normalized spacial score (nSPS) is 15.9. The van der Waals surface area contributed by atoms with Crippen LogP contribution in [0.4, 0.5) is 5.13 Å². The molecule has 1 aliphatic rings. The third kappa shape index (κ3) is 3.81. The Bertz CT molecular complexity index is 580. The van der Waals surface area contributed by atoms with E-state index in [0.29, 0.717) is 15.7 Å². The minimum absolute atomic E-state index is 0.0211. The number of thiazole rings is 1. The number of primary amides is 1. The molecule has 0 unspecified atom stereocenters. The average molecular weight is 291 g/mol. The van der Waals surface area contributed by atoms with Gasteiger partial charge < -0.3 is 11.5 Å². The number of carbonyl (C=O) groups is 1. The summed E-state index contributed by atoms with van der Waals surface area (Å²) in [5, 5.41) is 0.348. The van der Waals surface area contributed by atoms with Gasteiger partial charge in [-0.25, -0.2) is 4.98 Å². The highest BCUT2D eigenvalue weighted by molar-refractivity contribution is 7.17. The number of hydrogen-bond donors (Lipinski definition) is 2. The van der Waals surface area contributed by atoms with Crippen LogP contribution < -0.4 is 11.5 Å². The predicted molar refractivity (Wildman–Crippen MR) is 86.4 cm³/mol. The molecule has 0 saturated heterocycles. The van der Waals surface area contributed by atoms with Crippen molar-refractivity contribution in [1.82, 2.24) is 4.98 Å². The van der Waals surface area contributed by atoms with Gasteiger partial charge in [-0.3, -0.25) is 4.79 Å². The lowest BCUT2D eigenvalue weighted by Gasteiger charge is -2.12. The van der Waals surface area contributed by atoms with Gasteiger partial charge in [0.25, 0.3) is 5.91 Å². The topological polar surface area (TPSA) is 82.0 Å². The van der Waals surface area contributed by atoms with Gasteiger partial charge in [-0.1, -0.05) is 69.4 Å². The first-order valence-electron chi connectivity index (χ1n) is 6.54. The number of anilines is 1. The molecule has 4 nitrogen and oxygen atoms in total. The quantitative estimate of drug-likeness (QED) is 0.876. The van der Waals surface area contributed by atoms with Crippen molar-refractivity contribution in [3.8, 4) is 0 Å². The molecule has 1 amide bonds. The Morgan fingerprint density at radius 1 is 1.30 bits per heavy atom. The second-order valence-corrected chi connectivity index (χ2v) is 5.76. The zero-order valence-electron chi connectivity index (χ0n) is 12.3. The number of hydrogen-bond acceptors (Lipinski definition) is 4. The summed E-state index contributed by atoms with van der Waals surface area (Å²) in [6, 6.07) is 0. The molecule has 0 radical (unpaired) electrons. The second-order valence-electron chi connectivity index (χ2n) is 4.73. The maximum atomic E-state index is 11.4. The first-order chi connectivity index (χ1) is 9.39. The molecule has 2 rings (SSSR count). The van der Waals surface area contributed by atoms with Crippen molar-refractivity contribution in [2.24, 2.45) is 11.1 Å². The number of nitrogens with zero attached hydrogens (tertiary/aromatic N) is 1. The molecule has 1 aromatic heterocycles. The lowest BCUT2D eigenvalue weighted by Crippen LogP contribution is -2.11. The van der Waals surface area contributed by atoms with Crippen LogP contribution in [0.2, 0.25) is 0 Å². The lowest BCUT2D eigenvalue weighted by atomic mass is 9.93. The van der Waals surface area contributed by atoms with Crippen LogP contribution in [-0.4, -0.2) is 10.9 Å². The van der Waals surface area contributed by atoms with Gasteiger partial charge in [0.15, 0.2) is 5.13 Å². The van der Waals surface area contributed by atoms with E-state index in [1.807, 2.05) is 32.1 Å². The van der Waals surface area contributed by atoms with Crippen LogP contribution >= 0.6 is 11.3 Å². The summed E-state index contributed by atoms with van der Waals surface area (Å²) in [7, 11) is 0. The molecule has 4 N–H and O–H groups in total. The average Bonchev–Trinajstić information content (AvgIpc) is 2.68. The smallest absolute Gasteiger partial charge is 0.261 e. The second kappa shape index (κ2) is 6.52. The van der Waals surface area contributed by atoms with Gasteiger partial charge in [-0.2, -0.15) is 0 Å². The molecule has 0 bridgehead atoms. The van der Waals surface area contributed by atoms with Crippen molar-refractivity contribution < 1.29 is 4.79 Å². The van der Waals surface area contributed by atoms with Gasteiger partial charge in [0.05, 0.1) is 5.69 Å². The van der Waals surface area contributed by atoms with Crippen LogP contribution in [0.15, 0.2) is 30.4 Å². The summed E-state index contributed by atoms with van der Waals surface area (Å²) < 4.78 is 0. The van der Waals surface area contributed by atoms with E-state index in [2.05, 4.69) is 31.0 Å². The highest BCUT2D eigenvalue weighted by atomic mass is 32.1. The minimum Gasteiger partial charge on any atom is -0.375 e. The van der Waals surface area contributed by atoms with E-state index < -0.39 is 5.91 Å². The number of allylic oxidation sites excluding steroid dienone is 6. The molecule has 1 heterocycles. The molecule has 0 spiro atoms. The molecule has 0 atom stereocenters. The van der Waals surface area contributed by atoms with Gasteiger partial charge in [-0.15, -0.1) is 0 Å². The van der Waals surface area contributed by atoms with Gasteiger partial charge in [-0.05, 0) is 0 Å². The first kappa shape index (κ1) is 16.2. The maximum Gasteiger partial charge on any atom is 0.261 e. The van der Waals surface area contributed by atoms with E-state index >= 15 is 0 Å². The molecule has 0 aromatic carbocycles. The van der Waals surface area contributed by atoms with Crippen molar-refractivity contribution in [2.45, 2.75) is 27.7 Å². The predicted octanol–water partition coefficient (Wildman–Crippen LogP) is 3.39. The fourth-order valence-electron chi connectivity index (χ4n) is 1.67. The van der Waals surface area contributed by atoms with Gasteiger partial charge in [0.2, 0.25) is 0 Å². The number of rotatable bonds is 2. The van der Waals surface area contributed by atoms with E-state index in [1.54, 1.807) is 0 Å². The Labute approximate surface area is 123 Å². The van der Waals surface area contributed by atoms with E-state index in [9.17, 15) is 4.79 Å². The standard InChI is InChI=1S/C13H15N3OS.C2H6/c1-13(2)6-3-4-8(5-7-13)9-10(11(14)17)18-12(15)16-9;1-2/h3-7H,1-2H3,(H2,14,17)(H2,15,16);1-2H3. The third-order valence-corrected chi connectivity index (χ3v) is 3.53. The Morgan fingerprint density at radius 2 is 1.95 bits per heavy atom. The van der Waals surface area contributed by atoms with E-state index in [0.717, 1.165) is 16.9 Å². The van der Waals surface area contributed by atoms with Gasteiger partial charge in [0, 0.05) is 11.0 Å². The molecular weight excluding hydrogens is 270 g/mol. The Morgan fingerprint density at radius 3 is 2.55 bits per heavy atom. The van der Waals surface area contributed by atoms with Crippen molar-refractivity contribution in [2.75, 3.05) is 5.73 Å². The summed E-state index contributed by atoms with van der Waals surface area (Å²) in [5.41, 5.74) is 12.4. The fourth-order valence-corrected chi connectivity index (χ4v) is 2.38. The lowest BCUT2D eigenvalue weighted by molar-refractivity contribution is 0.100. The summed E-state index contributed by atoms with van der Waals surface area (Å²) in [5.74, 6) is -0.499. The van der Waals surface area contributed by atoms with Crippen molar-refractivity contribution in [3.63, 3.8) is 0 Å². The van der Waals surface area contributed by atoms with Crippen molar-refractivity contribution >= 4 is 27.9 Å². The molecule has 108 valence electrons. The molecule has 0 aliphatic heterocycles. The summed E-state index contributed by atoms with van der Waals surface area (Å²) in [4.78, 5) is 15.9. The Kier molecular flexibility index (Phi) is 5.27.